The van der Waals surface area contributed by atoms with Gasteiger partial charge in [-0.05, 0) is 36.8 Å². The van der Waals surface area contributed by atoms with Crippen LogP contribution in [0.2, 0.25) is 0 Å². The zero-order valence-electron chi connectivity index (χ0n) is 16.4. The number of nitrogens with zero attached hydrogens (tertiary/aromatic N) is 2. The van der Waals surface area contributed by atoms with Crippen molar-refractivity contribution in [3.63, 3.8) is 0 Å². The summed E-state index contributed by atoms with van der Waals surface area (Å²) >= 11 is 0. The van der Waals surface area contributed by atoms with E-state index >= 15 is 0 Å². The van der Waals surface area contributed by atoms with Crippen LogP contribution >= 0.6 is 0 Å². The monoisotopic (exact) mass is 427 g/mol. The van der Waals surface area contributed by atoms with E-state index in [0.717, 1.165) is 0 Å². The third-order valence-corrected chi connectivity index (χ3v) is 4.12. The van der Waals surface area contributed by atoms with E-state index in [1.165, 1.54) is 12.1 Å². The lowest BCUT2D eigenvalue weighted by Crippen LogP contribution is -2.14. The standard InChI is InChI=1S/C21H18FN3O6/c1-2-30-17-11-13(7-9-16(17)31-12-14-5-3-4-6-15(14)22)8-10-18-23-20(26)19(25(28)29)21(27)24-18/h3-11H,2,12H2,1H3,(H2,23,24,26,27)/b10-8+. The van der Waals surface area contributed by atoms with E-state index in [1.807, 2.05) is 0 Å². The molecule has 0 atom stereocenters. The lowest BCUT2D eigenvalue weighted by atomic mass is 10.2. The predicted molar refractivity (Wildman–Crippen MR) is 110 cm³/mol. The second kappa shape index (κ2) is 9.53. The van der Waals surface area contributed by atoms with E-state index in [1.54, 1.807) is 49.4 Å². The lowest BCUT2D eigenvalue weighted by Gasteiger charge is -2.13. The molecule has 31 heavy (non-hydrogen) atoms. The van der Waals surface area contributed by atoms with Crippen LogP contribution in [0.1, 0.15) is 23.9 Å². The van der Waals surface area contributed by atoms with E-state index < -0.39 is 22.0 Å². The van der Waals surface area contributed by atoms with Crippen molar-refractivity contribution < 1.29 is 23.9 Å². The number of aromatic nitrogens is 2. The third kappa shape index (κ3) is 5.24. The molecular formula is C21H18FN3O6. The maximum Gasteiger partial charge on any atom is 0.395 e. The Bertz CT molecular complexity index is 1190. The first kappa shape index (κ1) is 21.5. The Morgan fingerprint density at radius 1 is 1.19 bits per heavy atom. The van der Waals surface area contributed by atoms with Crippen molar-refractivity contribution in [2.45, 2.75) is 13.5 Å². The summed E-state index contributed by atoms with van der Waals surface area (Å²) in [5, 5.41) is 20.3. The third-order valence-electron chi connectivity index (χ3n) is 4.12. The van der Waals surface area contributed by atoms with Crippen LogP contribution in [0.25, 0.3) is 12.2 Å². The average Bonchev–Trinajstić information content (AvgIpc) is 2.72. The summed E-state index contributed by atoms with van der Waals surface area (Å²) in [5.74, 6) is -0.560. The first-order chi connectivity index (χ1) is 14.9. The van der Waals surface area contributed by atoms with Crippen LogP contribution in [0.3, 0.4) is 0 Å². The minimum Gasteiger partial charge on any atom is -0.490 e. The number of ether oxygens (including phenoxy) is 2. The molecule has 0 aliphatic heterocycles. The molecule has 2 aromatic carbocycles. The summed E-state index contributed by atoms with van der Waals surface area (Å²) < 4.78 is 25.1. The van der Waals surface area contributed by atoms with Gasteiger partial charge in [-0.1, -0.05) is 30.3 Å². The molecule has 0 saturated heterocycles. The summed E-state index contributed by atoms with van der Waals surface area (Å²) in [6, 6.07) is 11.3. The van der Waals surface area contributed by atoms with Crippen LogP contribution in [0.15, 0.2) is 47.3 Å². The lowest BCUT2D eigenvalue weighted by molar-refractivity contribution is -0.387. The van der Waals surface area contributed by atoms with Crippen LogP contribution < -0.4 is 15.0 Å². The molecule has 1 aromatic heterocycles. The van der Waals surface area contributed by atoms with Crippen molar-refractivity contribution in [3.05, 3.63) is 85.7 Å². The quantitative estimate of drug-likeness (QED) is 0.415. The minimum absolute atomic E-state index is 0.0230. The molecule has 9 nitrogen and oxygen atoms in total. The highest BCUT2D eigenvalue weighted by atomic mass is 19.1. The molecule has 0 spiro atoms. The molecule has 0 saturated carbocycles. The average molecular weight is 427 g/mol. The number of rotatable bonds is 8. The van der Waals surface area contributed by atoms with Gasteiger partial charge in [0, 0.05) is 5.56 Å². The van der Waals surface area contributed by atoms with Gasteiger partial charge < -0.3 is 19.6 Å². The number of nitrogens with one attached hydrogen (secondary N) is 1. The van der Waals surface area contributed by atoms with E-state index in [-0.39, 0.29) is 18.2 Å². The normalized spacial score (nSPS) is 10.9. The van der Waals surface area contributed by atoms with Crippen LogP contribution in [-0.4, -0.2) is 26.6 Å². The van der Waals surface area contributed by atoms with E-state index in [9.17, 15) is 24.4 Å². The molecule has 1 heterocycles. The van der Waals surface area contributed by atoms with Gasteiger partial charge in [0.2, 0.25) is 0 Å². The Morgan fingerprint density at radius 2 is 1.97 bits per heavy atom. The Hall–Kier alpha value is -4.21. The number of halogens is 1. The number of aromatic amines is 1. The van der Waals surface area contributed by atoms with Crippen molar-refractivity contribution in [2.75, 3.05) is 6.61 Å². The largest absolute Gasteiger partial charge is 0.490 e. The number of benzene rings is 2. The number of hydrogen-bond donors (Lipinski definition) is 2. The van der Waals surface area contributed by atoms with Crippen molar-refractivity contribution in [3.8, 4) is 17.4 Å². The highest BCUT2D eigenvalue weighted by Gasteiger charge is 2.21. The molecule has 10 heteroatoms. The Labute approximate surface area is 175 Å². The zero-order chi connectivity index (χ0) is 22.4. The number of aromatic hydroxyl groups is 1. The Balaban J connectivity index is 1.81. The summed E-state index contributed by atoms with van der Waals surface area (Å²) in [7, 11) is 0. The summed E-state index contributed by atoms with van der Waals surface area (Å²) in [6.45, 7) is 2.20. The highest BCUT2D eigenvalue weighted by Crippen LogP contribution is 2.30. The zero-order valence-corrected chi connectivity index (χ0v) is 16.4. The number of nitro groups is 1. The van der Waals surface area contributed by atoms with Gasteiger partial charge in [-0.15, -0.1) is 0 Å². The molecule has 0 amide bonds. The molecule has 0 radical (unpaired) electrons. The molecule has 160 valence electrons. The molecule has 0 unspecified atom stereocenters. The van der Waals surface area contributed by atoms with Crippen molar-refractivity contribution in [2.24, 2.45) is 0 Å². The second-order valence-corrected chi connectivity index (χ2v) is 6.23. The molecule has 3 aromatic rings. The van der Waals surface area contributed by atoms with E-state index in [2.05, 4.69) is 9.97 Å². The smallest absolute Gasteiger partial charge is 0.395 e. The van der Waals surface area contributed by atoms with Gasteiger partial charge in [0.25, 0.3) is 5.88 Å². The molecule has 0 aliphatic carbocycles. The fraction of sp³-hybridized carbons (Fsp3) is 0.143. The van der Waals surface area contributed by atoms with Gasteiger partial charge in [-0.3, -0.25) is 14.9 Å². The van der Waals surface area contributed by atoms with Gasteiger partial charge in [-0.2, -0.15) is 4.98 Å². The van der Waals surface area contributed by atoms with Gasteiger partial charge in [0.1, 0.15) is 18.2 Å². The first-order valence-electron chi connectivity index (χ1n) is 9.18. The van der Waals surface area contributed by atoms with Gasteiger partial charge in [0.05, 0.1) is 11.5 Å². The number of hydrogen-bond acceptors (Lipinski definition) is 7. The molecule has 3 rings (SSSR count). The molecule has 2 N–H and O–H groups in total. The van der Waals surface area contributed by atoms with Crippen molar-refractivity contribution >= 4 is 17.8 Å². The Kier molecular flexibility index (Phi) is 6.61. The fourth-order valence-electron chi connectivity index (χ4n) is 2.68. The van der Waals surface area contributed by atoms with Crippen LogP contribution in [-0.2, 0) is 6.61 Å². The van der Waals surface area contributed by atoms with E-state index in [4.69, 9.17) is 9.47 Å². The topological polar surface area (TPSA) is 128 Å². The maximum atomic E-state index is 13.8. The molecular weight excluding hydrogens is 409 g/mol. The maximum absolute atomic E-state index is 13.8. The van der Waals surface area contributed by atoms with Gasteiger partial charge in [-0.25, -0.2) is 4.39 Å². The van der Waals surface area contributed by atoms with Gasteiger partial charge >= 0.3 is 11.2 Å². The van der Waals surface area contributed by atoms with Crippen LogP contribution in [0, 0.1) is 15.9 Å². The molecule has 0 bridgehead atoms. The van der Waals surface area contributed by atoms with E-state index in [0.29, 0.717) is 29.2 Å². The second-order valence-electron chi connectivity index (χ2n) is 6.23. The summed E-state index contributed by atoms with van der Waals surface area (Å²) in [5.41, 5.74) is -1.04. The predicted octanol–water partition coefficient (Wildman–Crippen LogP) is 3.67. The SMILES string of the molecule is CCOc1cc(/C=C/c2nc(O)c([N+](=O)[O-])c(=O)[nH]2)ccc1OCc1ccccc1F. The first-order valence-corrected chi connectivity index (χ1v) is 9.18. The highest BCUT2D eigenvalue weighted by molar-refractivity contribution is 5.68. The van der Waals surface area contributed by atoms with Crippen molar-refractivity contribution in [1.82, 2.24) is 9.97 Å². The van der Waals surface area contributed by atoms with Crippen LogP contribution in [0.5, 0.6) is 17.4 Å². The Morgan fingerprint density at radius 3 is 2.65 bits per heavy atom. The minimum atomic E-state index is -1.07. The van der Waals surface area contributed by atoms with Gasteiger partial charge in [0.15, 0.2) is 11.5 Å². The fourth-order valence-corrected chi connectivity index (χ4v) is 2.68. The van der Waals surface area contributed by atoms with Crippen LogP contribution in [0.4, 0.5) is 10.1 Å². The number of H-pyrrole nitrogens is 1. The summed E-state index contributed by atoms with van der Waals surface area (Å²) in [4.78, 5) is 27.3. The summed E-state index contributed by atoms with van der Waals surface area (Å²) in [6.07, 6.45) is 2.93. The van der Waals surface area contributed by atoms with Crippen molar-refractivity contribution in [1.29, 1.82) is 0 Å². The molecule has 0 fully saturated rings. The molecule has 0 aliphatic rings.